The van der Waals surface area contributed by atoms with E-state index in [0.717, 1.165) is 45.4 Å². The number of methoxy groups -OCH3 is 1. The zero-order valence-corrected chi connectivity index (χ0v) is 19.3. The Morgan fingerprint density at radius 2 is 2.07 bits per heavy atom. The Labute approximate surface area is 177 Å². The SMILES string of the molecule is CO[C@@H]1C(CC(=O)NCCCN(C)C)CC[C@]2(CO2)[C@H]1C1(C)O[C@@H]1CCC(C)C. The highest BCUT2D eigenvalue weighted by Crippen LogP contribution is 2.60. The molecule has 29 heavy (non-hydrogen) atoms. The fourth-order valence-electron chi connectivity index (χ4n) is 5.44. The molecule has 3 fully saturated rings. The van der Waals surface area contributed by atoms with Crippen LogP contribution in [0.1, 0.15) is 59.3 Å². The summed E-state index contributed by atoms with van der Waals surface area (Å²) < 4.78 is 18.3. The van der Waals surface area contributed by atoms with Gasteiger partial charge in [-0.2, -0.15) is 0 Å². The van der Waals surface area contributed by atoms with Crippen molar-refractivity contribution in [1.82, 2.24) is 10.2 Å². The number of carbonyl (C=O) groups is 1. The van der Waals surface area contributed by atoms with E-state index < -0.39 is 0 Å². The molecule has 2 heterocycles. The molecule has 0 aromatic heterocycles. The molecule has 3 rings (SSSR count). The molecular weight excluding hydrogens is 368 g/mol. The van der Waals surface area contributed by atoms with E-state index in [1.165, 1.54) is 6.42 Å². The first-order valence-corrected chi connectivity index (χ1v) is 11.5. The van der Waals surface area contributed by atoms with Crippen molar-refractivity contribution in [2.45, 2.75) is 82.7 Å². The van der Waals surface area contributed by atoms with E-state index in [2.05, 4.69) is 45.1 Å². The van der Waals surface area contributed by atoms with E-state index >= 15 is 0 Å². The minimum Gasteiger partial charge on any atom is -0.381 e. The van der Waals surface area contributed by atoms with Gasteiger partial charge in [0.2, 0.25) is 5.91 Å². The predicted molar refractivity (Wildman–Crippen MR) is 114 cm³/mol. The van der Waals surface area contributed by atoms with Crippen molar-refractivity contribution in [2.24, 2.45) is 17.8 Å². The first-order chi connectivity index (χ1) is 13.7. The third-order valence-electron chi connectivity index (χ3n) is 7.24. The highest BCUT2D eigenvalue weighted by molar-refractivity contribution is 5.76. The maximum Gasteiger partial charge on any atom is 0.220 e. The molecule has 0 aromatic carbocycles. The van der Waals surface area contributed by atoms with Crippen LogP contribution >= 0.6 is 0 Å². The lowest BCUT2D eigenvalue weighted by atomic mass is 9.64. The van der Waals surface area contributed by atoms with Gasteiger partial charge in [-0.15, -0.1) is 0 Å². The number of hydrogen-bond donors (Lipinski definition) is 1. The van der Waals surface area contributed by atoms with E-state index in [-0.39, 0.29) is 41.2 Å². The molecule has 2 unspecified atom stereocenters. The number of carbonyl (C=O) groups excluding carboxylic acids is 1. The molecule has 6 atom stereocenters. The van der Waals surface area contributed by atoms with Gasteiger partial charge >= 0.3 is 0 Å². The van der Waals surface area contributed by atoms with Crippen LogP contribution in [0.25, 0.3) is 0 Å². The van der Waals surface area contributed by atoms with E-state index in [1.807, 2.05) is 0 Å². The van der Waals surface area contributed by atoms with Gasteiger partial charge in [-0.3, -0.25) is 4.79 Å². The van der Waals surface area contributed by atoms with E-state index in [4.69, 9.17) is 14.2 Å². The molecule has 1 aliphatic carbocycles. The van der Waals surface area contributed by atoms with Crippen LogP contribution in [0.2, 0.25) is 0 Å². The molecule has 168 valence electrons. The lowest BCUT2D eigenvalue weighted by Gasteiger charge is -2.43. The van der Waals surface area contributed by atoms with Gasteiger partial charge in [0.25, 0.3) is 0 Å². The third kappa shape index (κ3) is 5.33. The highest BCUT2D eigenvalue weighted by Gasteiger charge is 2.71. The second-order valence-corrected chi connectivity index (χ2v) is 10.3. The Hall–Kier alpha value is -0.690. The smallest absolute Gasteiger partial charge is 0.220 e. The average Bonchev–Trinajstić information content (AvgIpc) is 3.56. The molecule has 1 spiro atoms. The lowest BCUT2D eigenvalue weighted by molar-refractivity contribution is -0.128. The van der Waals surface area contributed by atoms with Crippen LogP contribution in [0.15, 0.2) is 0 Å². The molecule has 1 saturated carbocycles. The minimum absolute atomic E-state index is 0.00725. The maximum absolute atomic E-state index is 12.6. The molecule has 0 bridgehead atoms. The molecule has 1 N–H and O–H groups in total. The van der Waals surface area contributed by atoms with Gasteiger partial charge in [0.15, 0.2) is 0 Å². The van der Waals surface area contributed by atoms with Gasteiger partial charge < -0.3 is 24.4 Å². The molecule has 3 aliphatic rings. The van der Waals surface area contributed by atoms with Crippen LogP contribution in [0, 0.1) is 17.8 Å². The van der Waals surface area contributed by atoms with Crippen LogP contribution in [0.5, 0.6) is 0 Å². The number of rotatable bonds is 11. The van der Waals surface area contributed by atoms with Gasteiger partial charge in [0.1, 0.15) is 5.60 Å². The highest BCUT2D eigenvalue weighted by atomic mass is 16.6. The van der Waals surface area contributed by atoms with Crippen molar-refractivity contribution in [1.29, 1.82) is 0 Å². The summed E-state index contributed by atoms with van der Waals surface area (Å²) in [4.78, 5) is 14.7. The Morgan fingerprint density at radius 3 is 2.66 bits per heavy atom. The Morgan fingerprint density at radius 1 is 1.34 bits per heavy atom. The topological polar surface area (TPSA) is 66.6 Å². The van der Waals surface area contributed by atoms with Crippen LogP contribution in [-0.2, 0) is 19.0 Å². The van der Waals surface area contributed by atoms with Gasteiger partial charge in [-0.05, 0) is 71.5 Å². The summed E-state index contributed by atoms with van der Waals surface area (Å²) in [6, 6.07) is 0. The minimum atomic E-state index is -0.188. The lowest BCUT2D eigenvalue weighted by Crippen LogP contribution is -2.53. The first-order valence-electron chi connectivity index (χ1n) is 11.5. The zero-order valence-electron chi connectivity index (χ0n) is 19.3. The first kappa shape index (κ1) is 23.0. The molecule has 1 amide bonds. The molecular formula is C23H42N2O4. The number of nitrogens with zero attached hydrogens (tertiary/aromatic N) is 1. The summed E-state index contributed by atoms with van der Waals surface area (Å²) >= 11 is 0. The summed E-state index contributed by atoms with van der Waals surface area (Å²) in [5.41, 5.74) is -0.284. The molecule has 0 radical (unpaired) electrons. The number of amides is 1. The summed E-state index contributed by atoms with van der Waals surface area (Å²) in [5, 5.41) is 3.09. The Bertz CT molecular complexity index is 563. The quantitative estimate of drug-likeness (QED) is 0.419. The zero-order chi connectivity index (χ0) is 21.2. The fourth-order valence-corrected chi connectivity index (χ4v) is 5.44. The Balaban J connectivity index is 1.59. The average molecular weight is 411 g/mol. The second-order valence-electron chi connectivity index (χ2n) is 10.3. The number of nitrogens with one attached hydrogen (secondary N) is 1. The van der Waals surface area contributed by atoms with Crippen molar-refractivity contribution in [3.63, 3.8) is 0 Å². The third-order valence-corrected chi connectivity index (χ3v) is 7.24. The van der Waals surface area contributed by atoms with Crippen molar-refractivity contribution >= 4 is 5.91 Å². The van der Waals surface area contributed by atoms with Crippen LogP contribution < -0.4 is 5.32 Å². The largest absolute Gasteiger partial charge is 0.381 e. The van der Waals surface area contributed by atoms with Crippen molar-refractivity contribution in [3.8, 4) is 0 Å². The monoisotopic (exact) mass is 410 g/mol. The molecule has 0 aromatic rings. The summed E-state index contributed by atoms with van der Waals surface area (Å²) in [6.45, 7) is 9.28. The van der Waals surface area contributed by atoms with E-state index in [9.17, 15) is 4.79 Å². The summed E-state index contributed by atoms with van der Waals surface area (Å²) in [5.74, 6) is 1.25. The van der Waals surface area contributed by atoms with Crippen LogP contribution in [0.3, 0.4) is 0 Å². The van der Waals surface area contributed by atoms with Gasteiger partial charge in [0, 0.05) is 26.0 Å². The van der Waals surface area contributed by atoms with Crippen LogP contribution in [0.4, 0.5) is 0 Å². The number of hydrogen-bond acceptors (Lipinski definition) is 5. The van der Waals surface area contributed by atoms with Crippen LogP contribution in [-0.4, -0.2) is 75.1 Å². The second kappa shape index (κ2) is 9.21. The maximum atomic E-state index is 12.6. The standard InChI is InChI=1S/C23H42N2O4/c1-16(2)8-9-18-22(3,29-18)21-20(27-6)17(10-11-23(21)15-28-23)14-19(26)24-12-7-13-25(4)5/h16-18,20-21H,7-15H2,1-6H3,(H,24,26)/t17?,18-,20-,21-,22?,23+/m1/s1. The summed E-state index contributed by atoms with van der Waals surface area (Å²) in [7, 11) is 5.89. The van der Waals surface area contributed by atoms with Crippen molar-refractivity contribution < 1.29 is 19.0 Å². The van der Waals surface area contributed by atoms with Gasteiger partial charge in [-0.25, -0.2) is 0 Å². The number of epoxide rings is 2. The molecule has 6 heteroatoms. The van der Waals surface area contributed by atoms with Gasteiger partial charge in [-0.1, -0.05) is 13.8 Å². The molecule has 2 saturated heterocycles. The fraction of sp³-hybridized carbons (Fsp3) is 0.957. The van der Waals surface area contributed by atoms with E-state index in [1.54, 1.807) is 7.11 Å². The molecule has 2 aliphatic heterocycles. The predicted octanol–water partition coefficient (Wildman–Crippen LogP) is 2.85. The number of ether oxygens (including phenoxy) is 3. The van der Waals surface area contributed by atoms with E-state index in [0.29, 0.717) is 12.3 Å². The normalized spacial score (nSPS) is 38.6. The molecule has 6 nitrogen and oxygen atoms in total. The van der Waals surface area contributed by atoms with Crippen molar-refractivity contribution in [3.05, 3.63) is 0 Å². The van der Waals surface area contributed by atoms with Gasteiger partial charge in [0.05, 0.1) is 24.4 Å². The summed E-state index contributed by atoms with van der Waals surface area (Å²) in [6.07, 6.45) is 6.05. The van der Waals surface area contributed by atoms with Crippen molar-refractivity contribution in [2.75, 3.05) is 40.9 Å². The Kier molecular flexibility index (Phi) is 7.30.